The number of thiophene rings is 1. The number of likely N-dealkylation sites (N-methyl/N-ethyl adjacent to an activating group) is 1. The molecule has 2 heterocycles. The Morgan fingerprint density at radius 2 is 2.11 bits per heavy atom. The lowest BCUT2D eigenvalue weighted by molar-refractivity contribution is 0.170. The maximum absolute atomic E-state index is 13.1. The van der Waals surface area contributed by atoms with Gasteiger partial charge in [0.05, 0.1) is 24.9 Å². The van der Waals surface area contributed by atoms with Crippen molar-refractivity contribution in [1.29, 1.82) is 0 Å². The molecule has 1 aliphatic carbocycles. The summed E-state index contributed by atoms with van der Waals surface area (Å²) in [6.45, 7) is 3.48. The molecule has 0 aliphatic heterocycles. The van der Waals surface area contributed by atoms with E-state index in [4.69, 9.17) is 0 Å². The van der Waals surface area contributed by atoms with Crippen molar-refractivity contribution in [3.63, 3.8) is 0 Å². The van der Waals surface area contributed by atoms with Crippen molar-refractivity contribution in [2.45, 2.75) is 38.8 Å². The Balaban J connectivity index is 1.66. The largest absolute Gasteiger partial charge is 0.395 e. The first-order valence-electron chi connectivity index (χ1n) is 9.43. The lowest BCUT2D eigenvalue weighted by Crippen LogP contribution is -2.37. The fraction of sp³-hybridized carbons (Fsp3) is 0.429. The highest BCUT2D eigenvalue weighted by molar-refractivity contribution is 7.18. The van der Waals surface area contributed by atoms with Crippen molar-refractivity contribution in [2.24, 2.45) is 0 Å². The van der Waals surface area contributed by atoms with E-state index < -0.39 is 0 Å². The molecule has 4 rings (SSSR count). The summed E-state index contributed by atoms with van der Waals surface area (Å²) in [6, 6.07) is 8.70. The summed E-state index contributed by atoms with van der Waals surface area (Å²) in [5.41, 5.74) is 3.59. The molecule has 0 saturated heterocycles. The number of aliphatic hydroxyl groups is 1. The van der Waals surface area contributed by atoms with Gasteiger partial charge in [-0.1, -0.05) is 29.8 Å². The normalized spacial score (nSPS) is 16.8. The monoisotopic (exact) mass is 383 g/mol. The minimum Gasteiger partial charge on any atom is -0.395 e. The molecule has 1 atom stereocenters. The van der Waals surface area contributed by atoms with Crippen LogP contribution in [0.2, 0.25) is 0 Å². The molecule has 0 saturated carbocycles. The van der Waals surface area contributed by atoms with Gasteiger partial charge in [-0.2, -0.15) is 0 Å². The second kappa shape index (κ2) is 7.54. The fourth-order valence-electron chi connectivity index (χ4n) is 3.90. The zero-order valence-electron chi connectivity index (χ0n) is 15.8. The van der Waals surface area contributed by atoms with E-state index in [-0.39, 0.29) is 12.2 Å². The summed E-state index contributed by atoms with van der Waals surface area (Å²) in [7, 11) is 2.06. The van der Waals surface area contributed by atoms with Crippen LogP contribution in [0.3, 0.4) is 0 Å². The Kier molecular flexibility index (Phi) is 5.12. The number of rotatable bonds is 5. The van der Waals surface area contributed by atoms with Gasteiger partial charge in [0.25, 0.3) is 5.56 Å². The lowest BCUT2D eigenvalue weighted by Gasteiger charge is -2.30. The van der Waals surface area contributed by atoms with Crippen LogP contribution in [0.4, 0.5) is 0 Å². The number of fused-ring (bicyclic) bond motifs is 3. The molecule has 1 unspecified atom stereocenters. The van der Waals surface area contributed by atoms with Crippen molar-refractivity contribution in [1.82, 2.24) is 14.5 Å². The first kappa shape index (κ1) is 18.3. The molecule has 2 aromatic heterocycles. The van der Waals surface area contributed by atoms with E-state index in [0.717, 1.165) is 35.0 Å². The molecular formula is C21H25N3O2S. The van der Waals surface area contributed by atoms with Gasteiger partial charge in [0, 0.05) is 17.5 Å². The smallest absolute Gasteiger partial charge is 0.262 e. The number of aryl methyl sites for hydroxylation is 2. The molecule has 0 amide bonds. The Labute approximate surface area is 162 Å². The Morgan fingerprint density at radius 3 is 2.85 bits per heavy atom. The predicted octanol–water partition coefficient (Wildman–Crippen LogP) is 2.60. The summed E-state index contributed by atoms with van der Waals surface area (Å²) < 4.78 is 1.73. The lowest BCUT2D eigenvalue weighted by atomic mass is 9.92. The molecule has 0 radical (unpaired) electrons. The van der Waals surface area contributed by atoms with Crippen LogP contribution < -0.4 is 5.56 Å². The Hall–Kier alpha value is -2.02. The van der Waals surface area contributed by atoms with Gasteiger partial charge in [-0.15, -0.1) is 11.3 Å². The van der Waals surface area contributed by atoms with E-state index in [9.17, 15) is 9.90 Å². The van der Waals surface area contributed by atoms with Crippen LogP contribution in [-0.2, 0) is 19.4 Å². The summed E-state index contributed by atoms with van der Waals surface area (Å²) in [4.78, 5) is 22.1. The Morgan fingerprint density at radius 1 is 1.33 bits per heavy atom. The summed E-state index contributed by atoms with van der Waals surface area (Å²) in [5.74, 6) is 0. The average Bonchev–Trinajstić information content (AvgIpc) is 3.04. The molecule has 27 heavy (non-hydrogen) atoms. The van der Waals surface area contributed by atoms with Gasteiger partial charge in [-0.05, 0) is 44.4 Å². The third kappa shape index (κ3) is 3.57. The van der Waals surface area contributed by atoms with Crippen molar-refractivity contribution in [3.8, 4) is 0 Å². The molecule has 0 fully saturated rings. The molecule has 142 valence electrons. The standard InChI is InChI=1S/C21H25N3O2S/c1-14-3-5-15(6-4-14)12-24-13-22-20-19(21(24)26)17-8-7-16(11-18(17)27-20)23(2)9-10-25/h3-6,13,16,25H,7-12H2,1-2H3. The van der Waals surface area contributed by atoms with Crippen LogP contribution in [0.5, 0.6) is 0 Å². The number of aliphatic hydroxyl groups excluding tert-OH is 1. The van der Waals surface area contributed by atoms with Crippen LogP contribution in [0, 0.1) is 6.92 Å². The Bertz CT molecular complexity index is 1010. The molecule has 3 aromatic rings. The maximum Gasteiger partial charge on any atom is 0.262 e. The van der Waals surface area contributed by atoms with Crippen molar-refractivity contribution in [2.75, 3.05) is 20.2 Å². The third-order valence-electron chi connectivity index (χ3n) is 5.56. The quantitative estimate of drug-likeness (QED) is 0.736. The highest BCUT2D eigenvalue weighted by atomic mass is 32.1. The number of nitrogens with zero attached hydrogens (tertiary/aromatic N) is 3. The van der Waals surface area contributed by atoms with Gasteiger partial charge in [0.2, 0.25) is 0 Å². The summed E-state index contributed by atoms with van der Waals surface area (Å²) in [5, 5.41) is 10.00. The van der Waals surface area contributed by atoms with Crippen LogP contribution in [0.15, 0.2) is 35.4 Å². The van der Waals surface area contributed by atoms with E-state index in [1.807, 2.05) is 0 Å². The van der Waals surface area contributed by atoms with Crippen LogP contribution in [0.25, 0.3) is 10.2 Å². The van der Waals surface area contributed by atoms with E-state index in [0.29, 0.717) is 19.1 Å². The molecule has 1 N–H and O–H groups in total. The fourth-order valence-corrected chi connectivity index (χ4v) is 5.15. The molecule has 1 aromatic carbocycles. The van der Waals surface area contributed by atoms with Gasteiger partial charge in [-0.3, -0.25) is 9.36 Å². The number of benzene rings is 1. The van der Waals surface area contributed by atoms with E-state index in [2.05, 4.69) is 48.1 Å². The number of aromatic nitrogens is 2. The topological polar surface area (TPSA) is 58.4 Å². The summed E-state index contributed by atoms with van der Waals surface area (Å²) in [6.07, 6.45) is 4.54. The molecule has 1 aliphatic rings. The zero-order valence-corrected chi connectivity index (χ0v) is 16.6. The van der Waals surface area contributed by atoms with Gasteiger partial charge in [0.1, 0.15) is 4.83 Å². The third-order valence-corrected chi connectivity index (χ3v) is 6.72. The van der Waals surface area contributed by atoms with Crippen LogP contribution in [0.1, 0.15) is 28.0 Å². The second-order valence-corrected chi connectivity index (χ2v) is 8.53. The molecule has 0 bridgehead atoms. The van der Waals surface area contributed by atoms with Crippen LogP contribution >= 0.6 is 11.3 Å². The SMILES string of the molecule is Cc1ccc(Cn2cnc3sc4c(c3c2=O)CCC(N(C)CCO)C4)cc1. The van der Waals surface area contributed by atoms with Gasteiger partial charge in [0.15, 0.2) is 0 Å². The first-order chi connectivity index (χ1) is 13.1. The summed E-state index contributed by atoms with van der Waals surface area (Å²) >= 11 is 1.66. The van der Waals surface area contributed by atoms with Crippen molar-refractivity contribution in [3.05, 3.63) is 62.5 Å². The number of hydrogen-bond donors (Lipinski definition) is 1. The average molecular weight is 384 g/mol. The molecule has 5 nitrogen and oxygen atoms in total. The van der Waals surface area contributed by atoms with Crippen molar-refractivity contribution >= 4 is 21.6 Å². The molecule has 6 heteroatoms. The van der Waals surface area contributed by atoms with E-state index >= 15 is 0 Å². The van der Waals surface area contributed by atoms with Gasteiger partial charge >= 0.3 is 0 Å². The van der Waals surface area contributed by atoms with E-state index in [1.54, 1.807) is 22.2 Å². The highest BCUT2D eigenvalue weighted by Gasteiger charge is 2.27. The first-order valence-corrected chi connectivity index (χ1v) is 10.2. The highest BCUT2D eigenvalue weighted by Crippen LogP contribution is 2.34. The minimum absolute atomic E-state index is 0.0697. The van der Waals surface area contributed by atoms with Crippen molar-refractivity contribution < 1.29 is 5.11 Å². The predicted molar refractivity (Wildman–Crippen MR) is 110 cm³/mol. The molecule has 0 spiro atoms. The second-order valence-electron chi connectivity index (χ2n) is 7.45. The van der Waals surface area contributed by atoms with Gasteiger partial charge < -0.3 is 10.0 Å². The van der Waals surface area contributed by atoms with Crippen LogP contribution in [-0.4, -0.2) is 45.8 Å². The minimum atomic E-state index is 0.0697. The zero-order chi connectivity index (χ0) is 19.0. The van der Waals surface area contributed by atoms with Gasteiger partial charge in [-0.25, -0.2) is 4.98 Å². The molecular weight excluding hydrogens is 358 g/mol. The number of hydrogen-bond acceptors (Lipinski definition) is 5. The van der Waals surface area contributed by atoms with E-state index in [1.165, 1.54) is 16.0 Å². The maximum atomic E-state index is 13.1.